The molecule has 0 aromatic carbocycles. The quantitative estimate of drug-likeness (QED) is 0.0496. The highest BCUT2D eigenvalue weighted by Crippen LogP contribution is 2.53. The summed E-state index contributed by atoms with van der Waals surface area (Å²) in [6.07, 6.45) is 37.0. The summed E-state index contributed by atoms with van der Waals surface area (Å²) in [5, 5.41) is 9.69. The zero-order chi connectivity index (χ0) is 38.9. The topological polar surface area (TPSA) is 76.1 Å². The smallest absolute Gasteiger partial charge is 0.311 e. The number of hydrogen-bond donors (Lipinski definition) is 1. The molecule has 0 aromatic rings. The molecule has 0 aromatic heterocycles. The van der Waals surface area contributed by atoms with Gasteiger partial charge in [0.05, 0.1) is 25.2 Å². The molecular weight excluding hydrogens is 659 g/mol. The van der Waals surface area contributed by atoms with Crippen LogP contribution in [0.1, 0.15) is 234 Å². The fourth-order valence-corrected chi connectivity index (χ4v) is 8.01. The van der Waals surface area contributed by atoms with Gasteiger partial charge in [-0.1, -0.05) is 143 Å². The number of hydrogen-bond acceptors (Lipinski definition) is 6. The zero-order valence-electron chi connectivity index (χ0n) is 36.3. The van der Waals surface area contributed by atoms with E-state index in [2.05, 4.69) is 39.5 Å². The molecule has 0 saturated heterocycles. The van der Waals surface area contributed by atoms with E-state index in [1.807, 2.05) is 0 Å². The molecule has 1 fully saturated rings. The highest BCUT2D eigenvalue weighted by Gasteiger charge is 2.41. The van der Waals surface area contributed by atoms with E-state index in [4.69, 9.17) is 9.47 Å². The predicted octanol–water partition coefficient (Wildman–Crippen LogP) is 13.2. The number of carbonyl (C=O) groups is 2. The molecule has 1 saturated carbocycles. The van der Waals surface area contributed by atoms with E-state index in [1.165, 1.54) is 135 Å². The van der Waals surface area contributed by atoms with Gasteiger partial charge in [-0.25, -0.2) is 0 Å². The first kappa shape index (κ1) is 49.9. The van der Waals surface area contributed by atoms with Crippen molar-refractivity contribution in [3.05, 3.63) is 0 Å². The molecule has 0 unspecified atom stereocenters. The lowest BCUT2D eigenvalue weighted by molar-refractivity contribution is -0.156. The van der Waals surface area contributed by atoms with Crippen molar-refractivity contribution < 1.29 is 24.2 Å². The van der Waals surface area contributed by atoms with E-state index >= 15 is 0 Å². The summed E-state index contributed by atoms with van der Waals surface area (Å²) in [7, 11) is 0. The van der Waals surface area contributed by atoms with Gasteiger partial charge in [0.25, 0.3) is 0 Å². The Kier molecular flexibility index (Phi) is 31.1. The summed E-state index contributed by atoms with van der Waals surface area (Å²) in [4.78, 5) is 27.8. The minimum atomic E-state index is -0.429. The standard InChI is InChI=1S/C47H91NO5/c1-6-9-12-15-16-21-26-41-52-44(50)31-27-33-47(35-36-47)34-28-38-48(39-40-49)37-25-20-19-24-32-46(4,5)45(51)53-42-43(29-22-17-13-10-7-2)30-23-18-14-11-8-3/h43,49H,6-42H2,1-5H3. The van der Waals surface area contributed by atoms with Gasteiger partial charge in [-0.2, -0.15) is 0 Å². The Bertz CT molecular complexity index is 842. The van der Waals surface area contributed by atoms with Crippen molar-refractivity contribution in [3.63, 3.8) is 0 Å². The van der Waals surface area contributed by atoms with Crippen molar-refractivity contribution in [3.8, 4) is 0 Å². The van der Waals surface area contributed by atoms with Gasteiger partial charge in [-0.05, 0) is 109 Å². The van der Waals surface area contributed by atoms with E-state index < -0.39 is 5.41 Å². The third-order valence-electron chi connectivity index (χ3n) is 12.1. The maximum atomic E-state index is 13.2. The lowest BCUT2D eigenvalue weighted by atomic mass is 9.86. The van der Waals surface area contributed by atoms with Crippen LogP contribution in [0.25, 0.3) is 0 Å². The third-order valence-corrected chi connectivity index (χ3v) is 12.1. The molecule has 53 heavy (non-hydrogen) atoms. The minimum absolute atomic E-state index is 0.0132. The number of aliphatic hydroxyl groups excluding tert-OH is 1. The largest absolute Gasteiger partial charge is 0.466 e. The molecule has 6 nitrogen and oxygen atoms in total. The molecule has 1 N–H and O–H groups in total. The summed E-state index contributed by atoms with van der Waals surface area (Å²) in [6.45, 7) is 15.1. The van der Waals surface area contributed by atoms with Crippen LogP contribution in [0.2, 0.25) is 0 Å². The molecule has 0 spiro atoms. The number of rotatable bonds is 40. The molecule has 1 aliphatic carbocycles. The molecule has 1 aliphatic rings. The number of ether oxygens (including phenoxy) is 2. The van der Waals surface area contributed by atoms with E-state index in [-0.39, 0.29) is 18.5 Å². The number of esters is 2. The molecule has 0 amide bonds. The van der Waals surface area contributed by atoms with Gasteiger partial charge in [-0.15, -0.1) is 0 Å². The van der Waals surface area contributed by atoms with Crippen molar-refractivity contribution in [2.75, 3.05) is 39.5 Å². The zero-order valence-corrected chi connectivity index (χ0v) is 36.3. The van der Waals surface area contributed by atoms with Gasteiger partial charge >= 0.3 is 11.9 Å². The number of unbranched alkanes of at least 4 members (excludes halogenated alkanes) is 17. The molecule has 0 heterocycles. The first-order valence-corrected chi connectivity index (χ1v) is 23.4. The van der Waals surface area contributed by atoms with E-state index in [1.54, 1.807) is 0 Å². The molecular formula is C47H91NO5. The molecule has 0 atom stereocenters. The third kappa shape index (κ3) is 28.0. The summed E-state index contributed by atoms with van der Waals surface area (Å²) < 4.78 is 11.5. The molecule has 0 radical (unpaired) electrons. The lowest BCUT2D eigenvalue weighted by Gasteiger charge is -2.25. The maximum Gasteiger partial charge on any atom is 0.311 e. The normalized spacial score (nSPS) is 14.0. The van der Waals surface area contributed by atoms with Crippen molar-refractivity contribution in [2.24, 2.45) is 16.7 Å². The van der Waals surface area contributed by atoms with Crippen LogP contribution in [-0.2, 0) is 19.1 Å². The minimum Gasteiger partial charge on any atom is -0.466 e. The van der Waals surface area contributed by atoms with Crippen LogP contribution in [0, 0.1) is 16.7 Å². The first-order valence-electron chi connectivity index (χ1n) is 23.4. The van der Waals surface area contributed by atoms with Gasteiger partial charge in [-0.3, -0.25) is 9.59 Å². The first-order chi connectivity index (χ1) is 25.7. The Labute approximate surface area is 330 Å². The second-order valence-corrected chi connectivity index (χ2v) is 17.8. The van der Waals surface area contributed by atoms with Gasteiger partial charge in [0, 0.05) is 13.0 Å². The van der Waals surface area contributed by atoms with Crippen LogP contribution < -0.4 is 0 Å². The van der Waals surface area contributed by atoms with Crippen molar-refractivity contribution >= 4 is 11.9 Å². The average molecular weight is 750 g/mol. The van der Waals surface area contributed by atoms with Crippen LogP contribution in [0.4, 0.5) is 0 Å². The van der Waals surface area contributed by atoms with Crippen LogP contribution >= 0.6 is 0 Å². The monoisotopic (exact) mass is 750 g/mol. The summed E-state index contributed by atoms with van der Waals surface area (Å²) in [5.41, 5.74) is 0.0169. The van der Waals surface area contributed by atoms with Crippen LogP contribution in [0.3, 0.4) is 0 Å². The number of aliphatic hydroxyl groups is 1. The Morgan fingerprint density at radius 2 is 1.13 bits per heavy atom. The molecule has 0 bridgehead atoms. The number of carbonyl (C=O) groups excluding carboxylic acids is 2. The molecule has 314 valence electrons. The van der Waals surface area contributed by atoms with Gasteiger partial charge in [0.15, 0.2) is 0 Å². The molecule has 1 rings (SSSR count). The fraction of sp³-hybridized carbons (Fsp3) is 0.957. The average Bonchev–Trinajstić information content (AvgIpc) is 3.91. The SMILES string of the molecule is CCCCCCCCCOC(=O)CCCC1(CCCN(CCO)CCCCCCC(C)(C)C(=O)OCC(CCCCCCC)CCCCCCC)CC1. The van der Waals surface area contributed by atoms with Crippen LogP contribution in [0.15, 0.2) is 0 Å². The Balaban J connectivity index is 2.23. The summed E-state index contributed by atoms with van der Waals surface area (Å²) >= 11 is 0. The molecule has 0 aliphatic heterocycles. The van der Waals surface area contributed by atoms with E-state index in [0.29, 0.717) is 31.0 Å². The van der Waals surface area contributed by atoms with Gasteiger partial charge in [0.2, 0.25) is 0 Å². The summed E-state index contributed by atoms with van der Waals surface area (Å²) in [5.74, 6) is 0.482. The van der Waals surface area contributed by atoms with Gasteiger partial charge < -0.3 is 19.5 Å². The molecule has 6 heteroatoms. The highest BCUT2D eigenvalue weighted by atomic mass is 16.5. The Hall–Kier alpha value is -1.14. The second-order valence-electron chi connectivity index (χ2n) is 17.8. The van der Waals surface area contributed by atoms with Crippen molar-refractivity contribution in [2.45, 2.75) is 234 Å². The van der Waals surface area contributed by atoms with Crippen molar-refractivity contribution in [1.29, 1.82) is 0 Å². The Morgan fingerprint density at radius 1 is 0.623 bits per heavy atom. The number of nitrogens with zero attached hydrogens (tertiary/aromatic N) is 1. The van der Waals surface area contributed by atoms with Crippen LogP contribution in [0.5, 0.6) is 0 Å². The second kappa shape index (κ2) is 33.0. The lowest BCUT2D eigenvalue weighted by Crippen LogP contribution is -2.29. The van der Waals surface area contributed by atoms with Crippen molar-refractivity contribution in [1.82, 2.24) is 4.90 Å². The maximum absolute atomic E-state index is 13.2. The Morgan fingerprint density at radius 3 is 1.72 bits per heavy atom. The summed E-state index contributed by atoms with van der Waals surface area (Å²) in [6, 6.07) is 0. The predicted molar refractivity (Wildman–Crippen MR) is 225 cm³/mol. The van der Waals surface area contributed by atoms with E-state index in [0.717, 1.165) is 77.4 Å². The van der Waals surface area contributed by atoms with E-state index in [9.17, 15) is 14.7 Å². The fourth-order valence-electron chi connectivity index (χ4n) is 8.01. The van der Waals surface area contributed by atoms with Gasteiger partial charge in [0.1, 0.15) is 0 Å². The van der Waals surface area contributed by atoms with Crippen LogP contribution in [-0.4, -0.2) is 61.4 Å². The highest BCUT2D eigenvalue weighted by molar-refractivity contribution is 5.75.